The molecule has 1 heterocycles. The van der Waals surface area contributed by atoms with Crippen molar-refractivity contribution in [3.8, 4) is 0 Å². The van der Waals surface area contributed by atoms with Crippen molar-refractivity contribution in [2.75, 3.05) is 40.3 Å². The Balaban J connectivity index is 2.13. The molecule has 0 aromatic carbocycles. The lowest BCUT2D eigenvalue weighted by molar-refractivity contribution is 0.282. The van der Waals surface area contributed by atoms with Crippen molar-refractivity contribution in [3.63, 3.8) is 0 Å². The van der Waals surface area contributed by atoms with E-state index < -0.39 is 0 Å². The molecule has 1 aliphatic rings. The molecule has 0 bridgehead atoms. The fraction of sp³-hybridized carbons (Fsp3) is 1.00. The van der Waals surface area contributed by atoms with Gasteiger partial charge in [-0.1, -0.05) is 20.8 Å². The minimum atomic E-state index is 0.850. The first kappa shape index (κ1) is 16.0. The molecule has 1 rings (SSSR count). The molecule has 108 valence electrons. The second kappa shape index (κ2) is 8.16. The van der Waals surface area contributed by atoms with Crippen molar-refractivity contribution in [1.82, 2.24) is 9.80 Å². The highest BCUT2D eigenvalue weighted by Crippen LogP contribution is 2.25. The first-order valence-corrected chi connectivity index (χ1v) is 7.84. The van der Waals surface area contributed by atoms with Gasteiger partial charge in [0.05, 0.1) is 0 Å². The molecule has 18 heavy (non-hydrogen) atoms. The van der Waals surface area contributed by atoms with Crippen LogP contribution in [-0.2, 0) is 0 Å². The van der Waals surface area contributed by atoms with Crippen molar-refractivity contribution in [2.24, 2.45) is 17.8 Å². The molecule has 0 aliphatic carbocycles. The van der Waals surface area contributed by atoms with Crippen LogP contribution >= 0.6 is 0 Å². The smallest absolute Gasteiger partial charge is 0.00102 e. The topological polar surface area (TPSA) is 6.48 Å². The summed E-state index contributed by atoms with van der Waals surface area (Å²) in [5, 5.41) is 0. The van der Waals surface area contributed by atoms with Gasteiger partial charge >= 0.3 is 0 Å². The van der Waals surface area contributed by atoms with E-state index in [2.05, 4.69) is 44.7 Å². The van der Waals surface area contributed by atoms with Gasteiger partial charge in [-0.2, -0.15) is 0 Å². The van der Waals surface area contributed by atoms with Crippen molar-refractivity contribution in [3.05, 3.63) is 0 Å². The Bertz CT molecular complexity index is 213. The lowest BCUT2D eigenvalue weighted by Crippen LogP contribution is -2.23. The van der Waals surface area contributed by atoms with Gasteiger partial charge < -0.3 is 9.80 Å². The Labute approximate surface area is 115 Å². The predicted octanol–water partition coefficient (Wildman–Crippen LogP) is 3.33. The zero-order chi connectivity index (χ0) is 13.5. The van der Waals surface area contributed by atoms with Crippen LogP contribution in [0.5, 0.6) is 0 Å². The number of rotatable bonds is 8. The first-order valence-electron chi connectivity index (χ1n) is 7.84. The third-order valence-corrected chi connectivity index (χ3v) is 4.20. The third kappa shape index (κ3) is 6.75. The summed E-state index contributed by atoms with van der Waals surface area (Å²) >= 11 is 0. The maximum Gasteiger partial charge on any atom is 0.00102 e. The molecule has 1 aliphatic heterocycles. The zero-order valence-electron chi connectivity index (χ0n) is 13.3. The van der Waals surface area contributed by atoms with Crippen molar-refractivity contribution in [1.29, 1.82) is 0 Å². The Morgan fingerprint density at radius 2 is 1.89 bits per heavy atom. The molecule has 0 aromatic heterocycles. The van der Waals surface area contributed by atoms with E-state index in [0.717, 1.165) is 17.8 Å². The maximum absolute atomic E-state index is 2.68. The number of hydrogen-bond acceptors (Lipinski definition) is 2. The summed E-state index contributed by atoms with van der Waals surface area (Å²) in [7, 11) is 4.35. The number of nitrogens with zero attached hydrogens (tertiary/aromatic N) is 2. The van der Waals surface area contributed by atoms with E-state index in [0.29, 0.717) is 0 Å². The SMILES string of the molecule is CC(C)CCN1CCC(CC(C)CCN(C)C)C1. The van der Waals surface area contributed by atoms with Crippen LogP contribution in [0, 0.1) is 17.8 Å². The highest BCUT2D eigenvalue weighted by Gasteiger charge is 2.23. The van der Waals surface area contributed by atoms with Gasteiger partial charge in [0.2, 0.25) is 0 Å². The van der Waals surface area contributed by atoms with Crippen LogP contribution < -0.4 is 0 Å². The summed E-state index contributed by atoms with van der Waals surface area (Å²) in [6, 6.07) is 0. The highest BCUT2D eigenvalue weighted by atomic mass is 15.1. The summed E-state index contributed by atoms with van der Waals surface area (Å²) in [5.74, 6) is 2.71. The van der Waals surface area contributed by atoms with Crippen molar-refractivity contribution in [2.45, 2.75) is 46.5 Å². The summed E-state index contributed by atoms with van der Waals surface area (Å²) < 4.78 is 0. The molecule has 2 unspecified atom stereocenters. The van der Waals surface area contributed by atoms with Crippen LogP contribution in [0.1, 0.15) is 46.5 Å². The van der Waals surface area contributed by atoms with Crippen LogP contribution in [0.25, 0.3) is 0 Å². The summed E-state index contributed by atoms with van der Waals surface area (Å²) in [5.41, 5.74) is 0. The van der Waals surface area contributed by atoms with E-state index in [1.807, 2.05) is 0 Å². The van der Waals surface area contributed by atoms with Gasteiger partial charge in [0.1, 0.15) is 0 Å². The van der Waals surface area contributed by atoms with E-state index in [4.69, 9.17) is 0 Å². The van der Waals surface area contributed by atoms with Crippen molar-refractivity contribution >= 4 is 0 Å². The monoisotopic (exact) mass is 254 g/mol. The average molecular weight is 254 g/mol. The standard InChI is InChI=1S/C16H34N2/c1-14(2)6-10-18-11-8-16(13-18)12-15(3)7-9-17(4)5/h14-16H,6-13H2,1-5H3. The molecule has 2 nitrogen and oxygen atoms in total. The van der Waals surface area contributed by atoms with E-state index in [-0.39, 0.29) is 0 Å². The maximum atomic E-state index is 2.68. The lowest BCUT2D eigenvalue weighted by atomic mass is 9.93. The fourth-order valence-electron chi connectivity index (χ4n) is 2.91. The van der Waals surface area contributed by atoms with Gasteiger partial charge in [-0.05, 0) is 77.2 Å². The van der Waals surface area contributed by atoms with Crippen LogP contribution in [0.15, 0.2) is 0 Å². The highest BCUT2D eigenvalue weighted by molar-refractivity contribution is 4.77. The summed E-state index contributed by atoms with van der Waals surface area (Å²) in [6.45, 7) is 12.4. The molecule has 0 radical (unpaired) electrons. The lowest BCUT2D eigenvalue weighted by Gasteiger charge is -2.20. The largest absolute Gasteiger partial charge is 0.309 e. The normalized spacial score (nSPS) is 23.2. The Kier molecular flexibility index (Phi) is 7.25. The molecule has 2 atom stereocenters. The molecule has 0 N–H and O–H groups in total. The molecular weight excluding hydrogens is 220 g/mol. The molecule has 0 amide bonds. The van der Waals surface area contributed by atoms with Gasteiger partial charge in [0.25, 0.3) is 0 Å². The summed E-state index contributed by atoms with van der Waals surface area (Å²) in [6.07, 6.45) is 5.59. The minimum absolute atomic E-state index is 0.850. The Morgan fingerprint density at radius 1 is 1.17 bits per heavy atom. The average Bonchev–Trinajstić information content (AvgIpc) is 2.71. The predicted molar refractivity (Wildman–Crippen MR) is 81.0 cm³/mol. The molecule has 0 saturated carbocycles. The van der Waals surface area contributed by atoms with E-state index >= 15 is 0 Å². The van der Waals surface area contributed by atoms with Gasteiger partial charge in [-0.3, -0.25) is 0 Å². The van der Waals surface area contributed by atoms with Crippen molar-refractivity contribution < 1.29 is 0 Å². The first-order chi connectivity index (χ1) is 8.47. The van der Waals surface area contributed by atoms with E-state index in [1.54, 1.807) is 0 Å². The number of likely N-dealkylation sites (tertiary alicyclic amines) is 1. The zero-order valence-corrected chi connectivity index (χ0v) is 13.3. The Hall–Kier alpha value is -0.0800. The molecule has 0 spiro atoms. The molecule has 0 aromatic rings. The molecule has 1 saturated heterocycles. The second-order valence-electron chi connectivity index (χ2n) is 7.07. The quantitative estimate of drug-likeness (QED) is 0.655. The van der Waals surface area contributed by atoms with Crippen LogP contribution in [0.3, 0.4) is 0 Å². The number of hydrogen-bond donors (Lipinski definition) is 0. The van der Waals surface area contributed by atoms with Gasteiger partial charge in [-0.15, -0.1) is 0 Å². The van der Waals surface area contributed by atoms with Gasteiger partial charge in [-0.25, -0.2) is 0 Å². The van der Waals surface area contributed by atoms with Crippen LogP contribution in [0.4, 0.5) is 0 Å². The third-order valence-electron chi connectivity index (χ3n) is 4.20. The van der Waals surface area contributed by atoms with Gasteiger partial charge in [0, 0.05) is 6.54 Å². The fourth-order valence-corrected chi connectivity index (χ4v) is 2.91. The van der Waals surface area contributed by atoms with Gasteiger partial charge in [0.15, 0.2) is 0 Å². The van der Waals surface area contributed by atoms with E-state index in [1.165, 1.54) is 51.9 Å². The molecule has 1 fully saturated rings. The minimum Gasteiger partial charge on any atom is -0.309 e. The molecular formula is C16H34N2. The second-order valence-corrected chi connectivity index (χ2v) is 7.07. The summed E-state index contributed by atoms with van der Waals surface area (Å²) in [4.78, 5) is 4.99. The molecule has 2 heteroatoms. The Morgan fingerprint density at radius 3 is 2.50 bits per heavy atom. The van der Waals surface area contributed by atoms with Crippen LogP contribution in [0.2, 0.25) is 0 Å². The van der Waals surface area contributed by atoms with Crippen LogP contribution in [-0.4, -0.2) is 50.1 Å². The van der Waals surface area contributed by atoms with E-state index in [9.17, 15) is 0 Å².